The van der Waals surface area contributed by atoms with Crippen LogP contribution >= 0.6 is 0 Å². The van der Waals surface area contributed by atoms with Crippen molar-refractivity contribution in [3.05, 3.63) is 35.6 Å². The largest absolute Gasteiger partial charge is 0.459 e. The first-order valence-corrected chi connectivity index (χ1v) is 4.96. The molecule has 1 aromatic carbocycles. The van der Waals surface area contributed by atoms with E-state index in [9.17, 15) is 0 Å². The Kier molecular flexibility index (Phi) is 2.30. The summed E-state index contributed by atoms with van der Waals surface area (Å²) in [6.07, 6.45) is 0.902. The summed E-state index contributed by atoms with van der Waals surface area (Å²) in [5, 5.41) is 1.13. The topological polar surface area (TPSA) is 39.2 Å². The Morgan fingerprint density at radius 2 is 2.14 bits per heavy atom. The third-order valence-corrected chi connectivity index (χ3v) is 2.50. The molecule has 0 spiro atoms. The molecule has 0 saturated heterocycles. The lowest BCUT2D eigenvalue weighted by atomic mass is 10.1. The van der Waals surface area contributed by atoms with E-state index in [2.05, 4.69) is 26.0 Å². The molecule has 0 amide bonds. The summed E-state index contributed by atoms with van der Waals surface area (Å²) in [4.78, 5) is 0. The second-order valence-corrected chi connectivity index (χ2v) is 3.70. The van der Waals surface area contributed by atoms with Gasteiger partial charge >= 0.3 is 0 Å². The first-order valence-electron chi connectivity index (χ1n) is 4.96. The molecule has 1 unspecified atom stereocenters. The van der Waals surface area contributed by atoms with Crippen LogP contribution in [0.4, 0.5) is 0 Å². The predicted octanol–water partition coefficient (Wildman–Crippen LogP) is 3.15. The van der Waals surface area contributed by atoms with Gasteiger partial charge in [0.1, 0.15) is 11.3 Å². The zero-order valence-corrected chi connectivity index (χ0v) is 8.58. The van der Waals surface area contributed by atoms with Crippen LogP contribution in [-0.4, -0.2) is 0 Å². The Labute approximate surface area is 83.7 Å². The molecule has 1 heterocycles. The molecule has 2 N–H and O–H groups in total. The highest BCUT2D eigenvalue weighted by molar-refractivity contribution is 5.78. The van der Waals surface area contributed by atoms with Crippen LogP contribution < -0.4 is 5.73 Å². The minimum absolute atomic E-state index is 0.0164. The van der Waals surface area contributed by atoms with Gasteiger partial charge in [-0.05, 0) is 31.0 Å². The number of fused-ring (bicyclic) bond motifs is 1. The van der Waals surface area contributed by atoms with Gasteiger partial charge in [0.15, 0.2) is 0 Å². The minimum atomic E-state index is 0.0164. The van der Waals surface area contributed by atoms with Crippen LogP contribution in [0.25, 0.3) is 11.0 Å². The molecule has 0 aliphatic carbocycles. The van der Waals surface area contributed by atoms with E-state index in [0.29, 0.717) is 0 Å². The fraction of sp³-hybridized carbons (Fsp3) is 0.333. The first-order chi connectivity index (χ1) is 6.70. The van der Waals surface area contributed by atoms with Gasteiger partial charge in [0.25, 0.3) is 0 Å². The zero-order chi connectivity index (χ0) is 10.1. The minimum Gasteiger partial charge on any atom is -0.459 e. The van der Waals surface area contributed by atoms with Gasteiger partial charge in [-0.15, -0.1) is 0 Å². The quantitative estimate of drug-likeness (QED) is 0.788. The van der Waals surface area contributed by atoms with Crippen molar-refractivity contribution in [1.82, 2.24) is 0 Å². The fourth-order valence-electron chi connectivity index (χ4n) is 1.54. The number of rotatable bonds is 2. The van der Waals surface area contributed by atoms with Crippen LogP contribution in [0.3, 0.4) is 0 Å². The van der Waals surface area contributed by atoms with Crippen LogP contribution in [-0.2, 0) is 0 Å². The van der Waals surface area contributed by atoms with Crippen molar-refractivity contribution >= 4 is 11.0 Å². The predicted molar refractivity (Wildman–Crippen MR) is 58.2 cm³/mol. The Balaban J connectivity index is 2.51. The molecule has 0 radical (unpaired) electrons. The standard InChI is InChI=1S/C12H15NO/c1-3-10(13)12-7-9-5-4-8(2)6-11(9)14-12/h4-7,10H,3,13H2,1-2H3. The molecule has 0 fully saturated rings. The van der Waals surface area contributed by atoms with Crippen LogP contribution in [0.5, 0.6) is 0 Å². The summed E-state index contributed by atoms with van der Waals surface area (Å²) in [6.45, 7) is 4.12. The molecule has 1 aromatic heterocycles. The molecular formula is C12H15NO. The molecule has 2 heteroatoms. The molecule has 0 aliphatic heterocycles. The molecule has 0 aliphatic rings. The van der Waals surface area contributed by atoms with Crippen molar-refractivity contribution in [3.8, 4) is 0 Å². The lowest BCUT2D eigenvalue weighted by Gasteiger charge is -2.02. The summed E-state index contributed by atoms with van der Waals surface area (Å²) in [6, 6.07) is 8.24. The maximum Gasteiger partial charge on any atom is 0.134 e. The highest BCUT2D eigenvalue weighted by atomic mass is 16.3. The van der Waals surface area contributed by atoms with Gasteiger partial charge in [0.05, 0.1) is 6.04 Å². The maximum absolute atomic E-state index is 5.90. The smallest absolute Gasteiger partial charge is 0.134 e. The van der Waals surface area contributed by atoms with E-state index in [1.807, 2.05) is 12.1 Å². The van der Waals surface area contributed by atoms with Gasteiger partial charge in [-0.1, -0.05) is 19.1 Å². The van der Waals surface area contributed by atoms with Crippen LogP contribution in [0, 0.1) is 6.92 Å². The fourth-order valence-corrected chi connectivity index (χ4v) is 1.54. The highest BCUT2D eigenvalue weighted by Crippen LogP contribution is 2.24. The van der Waals surface area contributed by atoms with Crippen LogP contribution in [0.1, 0.15) is 30.7 Å². The number of hydrogen-bond acceptors (Lipinski definition) is 2. The third-order valence-electron chi connectivity index (χ3n) is 2.50. The van der Waals surface area contributed by atoms with Crippen LogP contribution in [0.2, 0.25) is 0 Å². The summed E-state index contributed by atoms with van der Waals surface area (Å²) < 4.78 is 5.68. The second-order valence-electron chi connectivity index (χ2n) is 3.70. The normalized spacial score (nSPS) is 13.4. The monoisotopic (exact) mass is 189 g/mol. The Morgan fingerprint density at radius 3 is 2.86 bits per heavy atom. The van der Waals surface area contributed by atoms with Crippen molar-refractivity contribution in [3.63, 3.8) is 0 Å². The van der Waals surface area contributed by atoms with E-state index < -0.39 is 0 Å². The van der Waals surface area contributed by atoms with Gasteiger partial charge in [-0.25, -0.2) is 0 Å². The molecule has 0 bridgehead atoms. The van der Waals surface area contributed by atoms with Gasteiger partial charge in [-0.3, -0.25) is 0 Å². The van der Waals surface area contributed by atoms with E-state index in [1.165, 1.54) is 5.56 Å². The Morgan fingerprint density at radius 1 is 1.36 bits per heavy atom. The van der Waals surface area contributed by atoms with Crippen molar-refractivity contribution in [2.24, 2.45) is 5.73 Å². The van der Waals surface area contributed by atoms with Gasteiger partial charge in [0, 0.05) is 5.39 Å². The molecule has 2 nitrogen and oxygen atoms in total. The molecule has 1 atom stereocenters. The van der Waals surface area contributed by atoms with E-state index >= 15 is 0 Å². The Hall–Kier alpha value is -1.28. The van der Waals surface area contributed by atoms with Gasteiger partial charge in [-0.2, -0.15) is 0 Å². The summed E-state index contributed by atoms with van der Waals surface area (Å²) in [5.41, 5.74) is 8.05. The second kappa shape index (κ2) is 3.46. The van der Waals surface area contributed by atoms with Crippen molar-refractivity contribution in [2.75, 3.05) is 0 Å². The van der Waals surface area contributed by atoms with Crippen molar-refractivity contribution in [2.45, 2.75) is 26.3 Å². The van der Waals surface area contributed by atoms with E-state index in [0.717, 1.165) is 23.2 Å². The van der Waals surface area contributed by atoms with Crippen molar-refractivity contribution < 1.29 is 4.42 Å². The third kappa shape index (κ3) is 1.53. The molecule has 0 saturated carbocycles. The molecule has 2 rings (SSSR count). The zero-order valence-electron chi connectivity index (χ0n) is 8.58. The van der Waals surface area contributed by atoms with E-state index in [4.69, 9.17) is 10.2 Å². The van der Waals surface area contributed by atoms with E-state index in [-0.39, 0.29) is 6.04 Å². The number of benzene rings is 1. The number of aryl methyl sites for hydroxylation is 1. The molecule has 14 heavy (non-hydrogen) atoms. The first kappa shape index (κ1) is 9.28. The summed E-state index contributed by atoms with van der Waals surface area (Å²) in [5.74, 6) is 0.883. The summed E-state index contributed by atoms with van der Waals surface area (Å²) in [7, 11) is 0. The number of furan rings is 1. The maximum atomic E-state index is 5.90. The number of hydrogen-bond donors (Lipinski definition) is 1. The van der Waals surface area contributed by atoms with E-state index in [1.54, 1.807) is 0 Å². The lowest BCUT2D eigenvalue weighted by Crippen LogP contribution is -2.06. The SMILES string of the molecule is CCC(N)c1cc2ccc(C)cc2o1. The lowest BCUT2D eigenvalue weighted by molar-refractivity contribution is 0.488. The number of nitrogens with two attached hydrogens (primary N) is 1. The average Bonchev–Trinajstić information content (AvgIpc) is 2.59. The van der Waals surface area contributed by atoms with Gasteiger partial charge < -0.3 is 10.2 Å². The van der Waals surface area contributed by atoms with Crippen molar-refractivity contribution in [1.29, 1.82) is 0 Å². The highest BCUT2D eigenvalue weighted by Gasteiger charge is 2.09. The summed E-state index contributed by atoms with van der Waals surface area (Å²) >= 11 is 0. The molecule has 2 aromatic rings. The molecule has 74 valence electrons. The molecular weight excluding hydrogens is 174 g/mol. The van der Waals surface area contributed by atoms with Gasteiger partial charge in [0.2, 0.25) is 0 Å². The van der Waals surface area contributed by atoms with Crippen LogP contribution in [0.15, 0.2) is 28.7 Å². The average molecular weight is 189 g/mol. The Bertz CT molecular complexity index is 445.